The van der Waals surface area contributed by atoms with Gasteiger partial charge in [0.05, 0.1) is 11.1 Å². The Morgan fingerprint density at radius 2 is 1.85 bits per heavy atom. The first-order valence-electron chi connectivity index (χ1n) is 3.87. The lowest BCUT2D eigenvalue weighted by Gasteiger charge is -1.87. The number of nitrogens with zero attached hydrogens (tertiary/aromatic N) is 2. The average Bonchev–Trinajstić information content (AvgIpc) is 2.69. The van der Waals surface area contributed by atoms with E-state index < -0.39 is 0 Å². The van der Waals surface area contributed by atoms with Crippen molar-refractivity contribution < 1.29 is 0 Å². The van der Waals surface area contributed by atoms with Crippen LogP contribution < -0.4 is 0 Å². The third-order valence-corrected chi connectivity index (χ3v) is 2.09. The summed E-state index contributed by atoms with van der Waals surface area (Å²) in [6, 6.07) is 11.5. The maximum absolute atomic E-state index is 4.05. The predicted molar refractivity (Wildman–Crippen MR) is 53.8 cm³/mol. The van der Waals surface area contributed by atoms with Crippen LogP contribution in [0.4, 0.5) is 11.4 Å². The molecule has 1 heterocycles. The first-order chi connectivity index (χ1) is 6.45. The number of thiophene rings is 1. The first-order valence-corrected chi connectivity index (χ1v) is 4.75. The van der Waals surface area contributed by atoms with E-state index >= 15 is 0 Å². The van der Waals surface area contributed by atoms with Gasteiger partial charge >= 0.3 is 0 Å². The van der Waals surface area contributed by atoms with Gasteiger partial charge in [-0.05, 0) is 23.6 Å². The van der Waals surface area contributed by atoms with Crippen molar-refractivity contribution in [1.29, 1.82) is 0 Å². The van der Waals surface area contributed by atoms with Crippen LogP contribution in [0.2, 0.25) is 0 Å². The van der Waals surface area contributed by atoms with Gasteiger partial charge in [0.1, 0.15) is 5.69 Å². The van der Waals surface area contributed by atoms with E-state index in [4.69, 9.17) is 0 Å². The monoisotopic (exact) mass is 187 g/mol. The van der Waals surface area contributed by atoms with Crippen LogP contribution in [-0.4, -0.2) is 0 Å². The highest BCUT2D eigenvalue weighted by molar-refractivity contribution is 7.07. The molecule has 0 amide bonds. The third-order valence-electron chi connectivity index (χ3n) is 1.49. The lowest BCUT2D eigenvalue weighted by Crippen LogP contribution is -1.59. The van der Waals surface area contributed by atoms with Gasteiger partial charge in [0.25, 0.3) is 0 Å². The van der Waals surface area contributed by atoms with Gasteiger partial charge in [-0.15, -0.1) is 16.5 Å². The topological polar surface area (TPSA) is 24.7 Å². The highest BCUT2D eigenvalue weighted by atomic mass is 32.1. The Kier molecular flexibility index (Phi) is 2.48. The molecule has 2 rings (SSSR count). The molecule has 1 radical (unpaired) electrons. The van der Waals surface area contributed by atoms with Crippen LogP contribution in [0.3, 0.4) is 0 Å². The summed E-state index contributed by atoms with van der Waals surface area (Å²) in [6.45, 7) is 0. The van der Waals surface area contributed by atoms with E-state index in [1.54, 1.807) is 0 Å². The van der Waals surface area contributed by atoms with Crippen LogP contribution >= 0.6 is 11.3 Å². The zero-order chi connectivity index (χ0) is 8.93. The van der Waals surface area contributed by atoms with Crippen molar-refractivity contribution in [3.8, 4) is 0 Å². The second-order valence-electron chi connectivity index (χ2n) is 2.44. The zero-order valence-corrected chi connectivity index (χ0v) is 7.66. The molecule has 0 unspecified atom stereocenters. The predicted octanol–water partition coefficient (Wildman–Crippen LogP) is 3.96. The van der Waals surface area contributed by atoms with Gasteiger partial charge in [0, 0.05) is 0 Å². The fourth-order valence-electron chi connectivity index (χ4n) is 0.887. The summed E-state index contributed by atoms with van der Waals surface area (Å²) >= 11 is 1.50. The minimum absolute atomic E-state index is 0.786. The van der Waals surface area contributed by atoms with Crippen LogP contribution in [0, 0.1) is 5.38 Å². The van der Waals surface area contributed by atoms with Crippen LogP contribution in [0.25, 0.3) is 0 Å². The lowest BCUT2D eigenvalue weighted by atomic mass is 10.3. The maximum atomic E-state index is 4.05. The number of benzene rings is 1. The molecular weight excluding hydrogens is 180 g/mol. The summed E-state index contributed by atoms with van der Waals surface area (Å²) in [5.74, 6) is 0. The molecule has 0 N–H and O–H groups in total. The van der Waals surface area contributed by atoms with Crippen LogP contribution in [0.15, 0.2) is 52.0 Å². The minimum Gasteiger partial charge on any atom is -0.151 e. The van der Waals surface area contributed by atoms with Gasteiger partial charge in [0.15, 0.2) is 0 Å². The van der Waals surface area contributed by atoms with E-state index in [2.05, 4.69) is 15.6 Å². The van der Waals surface area contributed by atoms with E-state index in [9.17, 15) is 0 Å². The standard InChI is InChI=1S/C10H7N2S/c1-2-4-9(5-3-1)11-12-10-6-7-13-8-10/h1-7H. The van der Waals surface area contributed by atoms with Crippen molar-refractivity contribution in [2.45, 2.75) is 0 Å². The van der Waals surface area contributed by atoms with Gasteiger partial charge in [-0.1, -0.05) is 18.2 Å². The largest absolute Gasteiger partial charge is 0.151 e. The minimum atomic E-state index is 0.786. The Morgan fingerprint density at radius 3 is 2.54 bits per heavy atom. The van der Waals surface area contributed by atoms with E-state index in [-0.39, 0.29) is 0 Å². The molecule has 2 nitrogen and oxygen atoms in total. The molecule has 0 bridgehead atoms. The van der Waals surface area contributed by atoms with Crippen LogP contribution in [0.5, 0.6) is 0 Å². The van der Waals surface area contributed by atoms with Crippen LogP contribution in [0.1, 0.15) is 0 Å². The van der Waals surface area contributed by atoms with E-state index in [0.717, 1.165) is 11.4 Å². The Balaban J connectivity index is 2.15. The number of azo groups is 1. The van der Waals surface area contributed by atoms with Gasteiger partial charge < -0.3 is 0 Å². The first kappa shape index (κ1) is 8.13. The molecular formula is C10H7N2S. The molecule has 0 fully saturated rings. The summed E-state index contributed by atoms with van der Waals surface area (Å²) in [7, 11) is 0. The Morgan fingerprint density at radius 1 is 1.00 bits per heavy atom. The quantitative estimate of drug-likeness (QED) is 0.636. The summed E-state index contributed by atoms with van der Waals surface area (Å²) < 4.78 is 0. The highest BCUT2D eigenvalue weighted by Crippen LogP contribution is 2.18. The molecule has 2 aromatic rings. The van der Waals surface area contributed by atoms with E-state index in [1.807, 2.05) is 41.8 Å². The summed E-state index contributed by atoms with van der Waals surface area (Å²) in [5.41, 5.74) is 1.65. The SMILES string of the molecule is [c]1sccc1N=Nc1ccccc1. The van der Waals surface area contributed by atoms with Crippen molar-refractivity contribution in [3.05, 3.63) is 47.2 Å². The molecule has 0 atom stereocenters. The van der Waals surface area contributed by atoms with Crippen molar-refractivity contribution in [3.63, 3.8) is 0 Å². The van der Waals surface area contributed by atoms with Gasteiger partial charge in [0.2, 0.25) is 0 Å². The molecule has 0 saturated heterocycles. The fraction of sp³-hybridized carbons (Fsp3) is 0. The van der Waals surface area contributed by atoms with E-state index in [0.29, 0.717) is 0 Å². The molecule has 1 aromatic heterocycles. The Hall–Kier alpha value is -1.48. The maximum Gasteiger partial charge on any atom is 0.105 e. The summed E-state index contributed by atoms with van der Waals surface area (Å²) in [6.07, 6.45) is 0. The highest BCUT2D eigenvalue weighted by Gasteiger charge is 1.88. The number of hydrogen-bond acceptors (Lipinski definition) is 3. The van der Waals surface area contributed by atoms with Gasteiger partial charge in [-0.2, -0.15) is 5.11 Å². The molecule has 0 aliphatic carbocycles. The van der Waals surface area contributed by atoms with Crippen molar-refractivity contribution in [2.24, 2.45) is 10.2 Å². The summed E-state index contributed by atoms with van der Waals surface area (Å²) in [5, 5.41) is 13.0. The van der Waals surface area contributed by atoms with Crippen molar-refractivity contribution >= 4 is 22.7 Å². The average molecular weight is 187 g/mol. The third kappa shape index (κ3) is 2.23. The van der Waals surface area contributed by atoms with Crippen molar-refractivity contribution in [2.75, 3.05) is 0 Å². The molecule has 63 valence electrons. The molecule has 3 heteroatoms. The molecule has 0 saturated carbocycles. The summed E-state index contributed by atoms with van der Waals surface area (Å²) in [4.78, 5) is 0. The van der Waals surface area contributed by atoms with Gasteiger partial charge in [-0.25, -0.2) is 0 Å². The second-order valence-corrected chi connectivity index (χ2v) is 3.16. The zero-order valence-electron chi connectivity index (χ0n) is 6.84. The molecule has 0 spiro atoms. The number of rotatable bonds is 2. The molecule has 0 aliphatic heterocycles. The molecule has 1 aromatic carbocycles. The Labute approximate surface area is 80.6 Å². The number of hydrogen-bond donors (Lipinski definition) is 0. The molecule has 0 aliphatic rings. The van der Waals surface area contributed by atoms with Crippen LogP contribution in [-0.2, 0) is 0 Å². The van der Waals surface area contributed by atoms with Crippen molar-refractivity contribution in [1.82, 2.24) is 0 Å². The van der Waals surface area contributed by atoms with E-state index in [1.165, 1.54) is 11.3 Å². The smallest absolute Gasteiger partial charge is 0.105 e. The Bertz CT molecular complexity index is 379. The normalized spacial score (nSPS) is 10.8. The second kappa shape index (κ2) is 3.96. The van der Waals surface area contributed by atoms with Gasteiger partial charge in [-0.3, -0.25) is 0 Å². The fourth-order valence-corrected chi connectivity index (χ4v) is 1.38. The lowest BCUT2D eigenvalue weighted by molar-refractivity contribution is 1.24. The molecule has 13 heavy (non-hydrogen) atoms.